The molecule has 3 rings (SSSR count). The van der Waals surface area contributed by atoms with Crippen molar-refractivity contribution in [2.75, 3.05) is 5.75 Å². The number of unbranched alkanes of at least 4 members (excludes halogenated alkanes) is 1. The highest BCUT2D eigenvalue weighted by molar-refractivity contribution is 7.80. The molecule has 3 aromatic carbocycles. The van der Waals surface area contributed by atoms with Gasteiger partial charge in [0.15, 0.2) is 0 Å². The normalized spacial score (nSPS) is 10.7. The summed E-state index contributed by atoms with van der Waals surface area (Å²) >= 11 is 4.27. The van der Waals surface area contributed by atoms with E-state index in [0.29, 0.717) is 0 Å². The number of hydrogen-bond donors (Lipinski definition) is 1. The van der Waals surface area contributed by atoms with Crippen molar-refractivity contribution in [1.29, 1.82) is 0 Å². The van der Waals surface area contributed by atoms with Crippen molar-refractivity contribution in [3.63, 3.8) is 0 Å². The summed E-state index contributed by atoms with van der Waals surface area (Å²) in [6.07, 6.45) is 3.55. The third-order valence-electron chi connectivity index (χ3n) is 4.15. The fourth-order valence-corrected chi connectivity index (χ4v) is 3.01. The van der Waals surface area contributed by atoms with Crippen molar-refractivity contribution in [2.24, 2.45) is 0 Å². The molecule has 1 heteroatoms. The second-order valence-corrected chi connectivity index (χ2v) is 6.27. The standard InChI is InChI=1S/C22H22S/c23-17-5-4-6-18-9-11-20(12-10-18)22-15-13-21(14-16-22)19-7-2-1-3-8-19/h1-3,7-16,23H,4-6,17H2. The van der Waals surface area contributed by atoms with Gasteiger partial charge in [0, 0.05) is 0 Å². The van der Waals surface area contributed by atoms with Gasteiger partial charge in [-0.15, -0.1) is 0 Å². The van der Waals surface area contributed by atoms with Crippen LogP contribution in [0.4, 0.5) is 0 Å². The molecular weight excluding hydrogens is 296 g/mol. The fraction of sp³-hybridized carbons (Fsp3) is 0.182. The Hall–Kier alpha value is -1.99. The molecular formula is C22H22S. The number of rotatable bonds is 6. The van der Waals surface area contributed by atoms with E-state index in [1.165, 1.54) is 40.7 Å². The zero-order valence-corrected chi connectivity index (χ0v) is 14.2. The van der Waals surface area contributed by atoms with Crippen molar-refractivity contribution in [3.8, 4) is 22.3 Å². The molecule has 0 aliphatic rings. The van der Waals surface area contributed by atoms with Crippen LogP contribution in [0.25, 0.3) is 22.3 Å². The van der Waals surface area contributed by atoms with Crippen LogP contribution in [-0.4, -0.2) is 5.75 Å². The third-order valence-corrected chi connectivity index (χ3v) is 4.47. The summed E-state index contributed by atoms with van der Waals surface area (Å²) in [5.41, 5.74) is 6.49. The molecule has 0 bridgehead atoms. The van der Waals surface area contributed by atoms with Crippen molar-refractivity contribution in [3.05, 3.63) is 84.4 Å². The first kappa shape index (κ1) is 15.9. The minimum atomic E-state index is 0.978. The zero-order valence-electron chi connectivity index (χ0n) is 13.3. The van der Waals surface area contributed by atoms with E-state index in [4.69, 9.17) is 0 Å². The predicted octanol–water partition coefficient (Wildman–Crippen LogP) is 6.27. The van der Waals surface area contributed by atoms with Gasteiger partial charge in [-0.1, -0.05) is 78.9 Å². The average molecular weight is 318 g/mol. The summed E-state index contributed by atoms with van der Waals surface area (Å²) in [6.45, 7) is 0. The minimum Gasteiger partial charge on any atom is -0.179 e. The van der Waals surface area contributed by atoms with Crippen LogP contribution in [-0.2, 0) is 6.42 Å². The zero-order chi connectivity index (χ0) is 15.9. The molecule has 0 N–H and O–H groups in total. The van der Waals surface area contributed by atoms with E-state index in [1.54, 1.807) is 0 Å². The Kier molecular flexibility index (Phi) is 5.55. The number of hydrogen-bond acceptors (Lipinski definition) is 1. The number of aryl methyl sites for hydroxylation is 1. The molecule has 116 valence electrons. The first-order chi connectivity index (χ1) is 11.4. The number of thiol groups is 1. The molecule has 0 radical (unpaired) electrons. The van der Waals surface area contributed by atoms with Gasteiger partial charge in [-0.05, 0) is 52.8 Å². The Balaban J connectivity index is 1.72. The predicted molar refractivity (Wildman–Crippen MR) is 104 cm³/mol. The molecule has 0 atom stereocenters. The minimum absolute atomic E-state index is 0.978. The van der Waals surface area contributed by atoms with Gasteiger partial charge in [0.1, 0.15) is 0 Å². The van der Waals surface area contributed by atoms with E-state index in [-0.39, 0.29) is 0 Å². The van der Waals surface area contributed by atoms with Crippen LogP contribution in [0.1, 0.15) is 18.4 Å². The van der Waals surface area contributed by atoms with Gasteiger partial charge in [-0.2, -0.15) is 12.6 Å². The molecule has 0 saturated carbocycles. The lowest BCUT2D eigenvalue weighted by Crippen LogP contribution is -1.87. The first-order valence-corrected chi connectivity index (χ1v) is 8.86. The molecule has 0 nitrogen and oxygen atoms in total. The molecule has 0 aliphatic heterocycles. The molecule has 0 spiro atoms. The van der Waals surface area contributed by atoms with E-state index in [1.807, 2.05) is 0 Å². The highest BCUT2D eigenvalue weighted by atomic mass is 32.1. The van der Waals surface area contributed by atoms with Crippen LogP contribution >= 0.6 is 12.6 Å². The highest BCUT2D eigenvalue weighted by Gasteiger charge is 2.01. The van der Waals surface area contributed by atoms with Crippen molar-refractivity contribution in [2.45, 2.75) is 19.3 Å². The molecule has 0 heterocycles. The smallest absolute Gasteiger partial charge is 0.00978 e. The van der Waals surface area contributed by atoms with E-state index in [0.717, 1.165) is 12.2 Å². The maximum absolute atomic E-state index is 4.27. The van der Waals surface area contributed by atoms with Crippen LogP contribution in [0, 0.1) is 0 Å². The summed E-state index contributed by atoms with van der Waals surface area (Å²) in [6, 6.07) is 28.3. The van der Waals surface area contributed by atoms with E-state index >= 15 is 0 Å². The molecule has 3 aromatic rings. The number of benzene rings is 3. The second kappa shape index (κ2) is 8.03. The van der Waals surface area contributed by atoms with Crippen molar-refractivity contribution in [1.82, 2.24) is 0 Å². The van der Waals surface area contributed by atoms with E-state index in [9.17, 15) is 0 Å². The van der Waals surface area contributed by atoms with Crippen LogP contribution < -0.4 is 0 Å². The summed E-state index contributed by atoms with van der Waals surface area (Å²) in [5.74, 6) is 0.978. The maximum Gasteiger partial charge on any atom is -0.00978 e. The fourth-order valence-electron chi connectivity index (χ4n) is 2.79. The topological polar surface area (TPSA) is 0 Å². The molecule has 0 amide bonds. The van der Waals surface area contributed by atoms with Gasteiger partial charge in [0.05, 0.1) is 0 Å². The van der Waals surface area contributed by atoms with Crippen molar-refractivity contribution < 1.29 is 0 Å². The van der Waals surface area contributed by atoms with Crippen molar-refractivity contribution >= 4 is 12.6 Å². The summed E-state index contributed by atoms with van der Waals surface area (Å²) in [5, 5.41) is 0. The Morgan fingerprint density at radius 2 is 1.00 bits per heavy atom. The quantitative estimate of drug-likeness (QED) is 0.402. The lowest BCUT2D eigenvalue weighted by molar-refractivity contribution is 0.804. The van der Waals surface area contributed by atoms with Gasteiger partial charge in [0.2, 0.25) is 0 Å². The van der Waals surface area contributed by atoms with E-state index in [2.05, 4.69) is 91.5 Å². The maximum atomic E-state index is 4.27. The van der Waals surface area contributed by atoms with Gasteiger partial charge in [-0.3, -0.25) is 0 Å². The monoisotopic (exact) mass is 318 g/mol. The van der Waals surface area contributed by atoms with Crippen LogP contribution in [0.2, 0.25) is 0 Å². The van der Waals surface area contributed by atoms with Gasteiger partial charge < -0.3 is 0 Å². The van der Waals surface area contributed by atoms with Crippen LogP contribution in [0.5, 0.6) is 0 Å². The lowest BCUT2D eigenvalue weighted by atomic mass is 9.99. The average Bonchev–Trinajstić information content (AvgIpc) is 2.63. The first-order valence-electron chi connectivity index (χ1n) is 8.22. The van der Waals surface area contributed by atoms with Crippen LogP contribution in [0.15, 0.2) is 78.9 Å². The van der Waals surface area contributed by atoms with Gasteiger partial charge >= 0.3 is 0 Å². The Morgan fingerprint density at radius 3 is 1.52 bits per heavy atom. The molecule has 0 saturated heterocycles. The molecule has 0 aromatic heterocycles. The van der Waals surface area contributed by atoms with Gasteiger partial charge in [0.25, 0.3) is 0 Å². The van der Waals surface area contributed by atoms with Crippen LogP contribution in [0.3, 0.4) is 0 Å². The largest absolute Gasteiger partial charge is 0.179 e. The van der Waals surface area contributed by atoms with Gasteiger partial charge in [-0.25, -0.2) is 0 Å². The summed E-state index contributed by atoms with van der Waals surface area (Å²) in [7, 11) is 0. The highest BCUT2D eigenvalue weighted by Crippen LogP contribution is 2.25. The lowest BCUT2D eigenvalue weighted by Gasteiger charge is -2.06. The summed E-state index contributed by atoms with van der Waals surface area (Å²) < 4.78 is 0. The molecule has 0 aliphatic carbocycles. The SMILES string of the molecule is SCCCCc1ccc(-c2ccc(-c3ccccc3)cc2)cc1. The van der Waals surface area contributed by atoms with E-state index < -0.39 is 0 Å². The summed E-state index contributed by atoms with van der Waals surface area (Å²) in [4.78, 5) is 0. The molecule has 0 fully saturated rings. The Bertz CT molecular complexity index is 712. The third kappa shape index (κ3) is 4.27. The Morgan fingerprint density at radius 1 is 0.522 bits per heavy atom. The molecule has 0 unspecified atom stereocenters. The Labute approximate surface area is 144 Å². The second-order valence-electron chi connectivity index (χ2n) is 5.82. The molecule has 23 heavy (non-hydrogen) atoms.